The van der Waals surface area contributed by atoms with Gasteiger partial charge in [-0.2, -0.15) is 4.31 Å². The molecule has 1 fully saturated rings. The molecule has 2 rings (SSSR count). The highest BCUT2D eigenvalue weighted by atomic mass is 32.2. The molecule has 7 nitrogen and oxygen atoms in total. The van der Waals surface area contributed by atoms with E-state index in [-0.39, 0.29) is 24.1 Å². The zero-order valence-electron chi connectivity index (χ0n) is 10.5. The minimum atomic E-state index is -3.70. The fourth-order valence-corrected chi connectivity index (χ4v) is 3.88. The lowest BCUT2D eigenvalue weighted by Gasteiger charge is -2.36. The molecule has 0 saturated heterocycles. The van der Waals surface area contributed by atoms with Crippen molar-refractivity contribution in [3.63, 3.8) is 0 Å². The number of nitrogens with one attached hydrogen (secondary N) is 1. The Kier molecular flexibility index (Phi) is 4.35. The van der Waals surface area contributed by atoms with Gasteiger partial charge in [0.25, 0.3) is 0 Å². The van der Waals surface area contributed by atoms with Crippen LogP contribution in [0.15, 0.2) is 23.4 Å². The fourth-order valence-electron chi connectivity index (χ4n) is 2.10. The van der Waals surface area contributed by atoms with E-state index in [1.54, 1.807) is 0 Å². The van der Waals surface area contributed by atoms with Crippen molar-refractivity contribution in [3.05, 3.63) is 18.5 Å². The van der Waals surface area contributed by atoms with Crippen LogP contribution in [0, 0.1) is 0 Å². The first kappa shape index (κ1) is 14.2. The lowest BCUT2D eigenvalue weighted by molar-refractivity contribution is 0.178. The van der Waals surface area contributed by atoms with Crippen molar-refractivity contribution in [2.75, 3.05) is 18.6 Å². The second-order valence-corrected chi connectivity index (χ2v) is 6.30. The zero-order valence-corrected chi connectivity index (χ0v) is 11.3. The number of nitrogen functional groups attached to an aromatic ring is 1. The Balaban J connectivity index is 2.38. The van der Waals surface area contributed by atoms with Crippen molar-refractivity contribution in [2.45, 2.75) is 30.2 Å². The lowest BCUT2D eigenvalue weighted by atomic mass is 9.93. The molecule has 19 heavy (non-hydrogen) atoms. The molecule has 1 saturated carbocycles. The number of aliphatic hydroxyl groups is 1. The number of nitrogens with zero attached hydrogens (tertiary/aromatic N) is 2. The molecule has 1 aliphatic carbocycles. The summed E-state index contributed by atoms with van der Waals surface area (Å²) in [6.45, 7) is -0.118. The molecule has 0 radical (unpaired) electrons. The number of anilines is 1. The number of nitrogens with two attached hydrogens (primary N) is 1. The van der Waals surface area contributed by atoms with Crippen LogP contribution in [0.4, 0.5) is 5.69 Å². The molecule has 0 aromatic carbocycles. The van der Waals surface area contributed by atoms with Gasteiger partial charge in [-0.25, -0.2) is 8.42 Å². The Morgan fingerprint density at radius 2 is 2.26 bits per heavy atom. The molecule has 0 bridgehead atoms. The summed E-state index contributed by atoms with van der Waals surface area (Å²) >= 11 is 0. The van der Waals surface area contributed by atoms with Crippen LogP contribution in [-0.2, 0) is 10.0 Å². The van der Waals surface area contributed by atoms with Gasteiger partial charge in [0, 0.05) is 25.0 Å². The van der Waals surface area contributed by atoms with Crippen molar-refractivity contribution in [2.24, 2.45) is 5.84 Å². The van der Waals surface area contributed by atoms with Crippen molar-refractivity contribution in [3.8, 4) is 0 Å². The second kappa shape index (κ2) is 5.83. The van der Waals surface area contributed by atoms with E-state index in [4.69, 9.17) is 10.9 Å². The van der Waals surface area contributed by atoms with Gasteiger partial charge >= 0.3 is 0 Å². The van der Waals surface area contributed by atoms with Crippen LogP contribution in [0.25, 0.3) is 0 Å². The largest absolute Gasteiger partial charge is 0.395 e. The van der Waals surface area contributed by atoms with Gasteiger partial charge < -0.3 is 10.5 Å². The molecular formula is C11H18N4O3S. The SMILES string of the molecule is NNc1ccncc1S(=O)(=O)N(CCO)C1CCC1. The summed E-state index contributed by atoms with van der Waals surface area (Å²) in [7, 11) is -3.70. The predicted octanol–water partition coefficient (Wildman–Crippen LogP) is -0.0973. The maximum Gasteiger partial charge on any atom is 0.247 e. The quantitative estimate of drug-likeness (QED) is 0.498. The van der Waals surface area contributed by atoms with Gasteiger partial charge in [0.15, 0.2) is 0 Å². The second-order valence-electron chi connectivity index (χ2n) is 4.44. The van der Waals surface area contributed by atoms with Crippen molar-refractivity contribution >= 4 is 15.7 Å². The van der Waals surface area contributed by atoms with E-state index in [2.05, 4.69) is 10.4 Å². The molecule has 1 aromatic rings. The van der Waals surface area contributed by atoms with Crippen molar-refractivity contribution in [1.82, 2.24) is 9.29 Å². The Morgan fingerprint density at radius 1 is 1.53 bits per heavy atom. The first-order chi connectivity index (χ1) is 9.11. The van der Waals surface area contributed by atoms with E-state index in [1.807, 2.05) is 0 Å². The van der Waals surface area contributed by atoms with Crippen LogP contribution >= 0.6 is 0 Å². The molecule has 1 aliphatic rings. The number of hydrazine groups is 1. The molecule has 1 heterocycles. The first-order valence-electron chi connectivity index (χ1n) is 6.14. The van der Waals surface area contributed by atoms with Crippen LogP contribution in [0.3, 0.4) is 0 Å². The van der Waals surface area contributed by atoms with Gasteiger partial charge in [-0.3, -0.25) is 10.8 Å². The van der Waals surface area contributed by atoms with E-state index in [9.17, 15) is 8.42 Å². The molecular weight excluding hydrogens is 268 g/mol. The molecule has 1 aromatic heterocycles. The standard InChI is InChI=1S/C11H18N4O3S/c12-14-10-4-5-13-8-11(10)19(17,18)15(6-7-16)9-2-1-3-9/h4-5,8-9,16H,1-3,6-7,12H2,(H,13,14). The highest BCUT2D eigenvalue weighted by Gasteiger charge is 2.35. The average Bonchev–Trinajstić information content (AvgIpc) is 2.36. The minimum absolute atomic E-state index is 0.0389. The van der Waals surface area contributed by atoms with Crippen LogP contribution in [0.1, 0.15) is 19.3 Å². The van der Waals surface area contributed by atoms with Gasteiger partial charge in [0.1, 0.15) is 4.90 Å². The molecule has 4 N–H and O–H groups in total. The van der Waals surface area contributed by atoms with E-state index < -0.39 is 10.0 Å². The first-order valence-corrected chi connectivity index (χ1v) is 7.58. The fraction of sp³-hybridized carbons (Fsp3) is 0.545. The molecule has 0 unspecified atom stereocenters. The van der Waals surface area contributed by atoms with Crippen LogP contribution in [0.2, 0.25) is 0 Å². The highest BCUT2D eigenvalue weighted by Crippen LogP contribution is 2.31. The number of aromatic nitrogens is 1. The van der Waals surface area contributed by atoms with E-state index >= 15 is 0 Å². The summed E-state index contributed by atoms with van der Waals surface area (Å²) < 4.78 is 26.6. The Labute approximate surface area is 112 Å². The third-order valence-corrected chi connectivity index (χ3v) is 5.31. The third kappa shape index (κ3) is 2.71. The number of pyridine rings is 1. The molecule has 106 valence electrons. The maximum atomic E-state index is 12.6. The Morgan fingerprint density at radius 3 is 2.79 bits per heavy atom. The van der Waals surface area contributed by atoms with Crippen LogP contribution in [0.5, 0.6) is 0 Å². The molecule has 0 aliphatic heterocycles. The van der Waals surface area contributed by atoms with Gasteiger partial charge in [-0.05, 0) is 18.9 Å². The number of rotatable bonds is 6. The lowest BCUT2D eigenvalue weighted by Crippen LogP contribution is -2.45. The van der Waals surface area contributed by atoms with E-state index in [0.717, 1.165) is 19.3 Å². The molecule has 0 spiro atoms. The minimum Gasteiger partial charge on any atom is -0.395 e. The number of aliphatic hydroxyl groups excluding tert-OH is 1. The smallest absolute Gasteiger partial charge is 0.247 e. The van der Waals surface area contributed by atoms with Crippen molar-refractivity contribution in [1.29, 1.82) is 0 Å². The van der Waals surface area contributed by atoms with Gasteiger partial charge in [0.2, 0.25) is 10.0 Å². The number of hydrogen-bond donors (Lipinski definition) is 3. The number of sulfonamides is 1. The van der Waals surface area contributed by atoms with Crippen LogP contribution in [-0.4, -0.2) is 42.0 Å². The summed E-state index contributed by atoms with van der Waals surface area (Å²) in [5, 5.41) is 9.08. The molecule has 0 amide bonds. The molecule has 0 atom stereocenters. The van der Waals surface area contributed by atoms with Gasteiger partial charge in [-0.1, -0.05) is 6.42 Å². The van der Waals surface area contributed by atoms with E-state index in [0.29, 0.717) is 5.69 Å². The Hall–Kier alpha value is -1.22. The maximum absolute atomic E-state index is 12.6. The monoisotopic (exact) mass is 286 g/mol. The normalized spacial score (nSPS) is 16.4. The van der Waals surface area contributed by atoms with Gasteiger partial charge in [-0.15, -0.1) is 0 Å². The molecule has 8 heteroatoms. The summed E-state index contributed by atoms with van der Waals surface area (Å²) in [6.07, 6.45) is 5.40. The topological polar surface area (TPSA) is 109 Å². The summed E-state index contributed by atoms with van der Waals surface area (Å²) in [4.78, 5) is 3.88. The summed E-state index contributed by atoms with van der Waals surface area (Å²) in [5.41, 5.74) is 2.67. The zero-order chi connectivity index (χ0) is 13.9. The average molecular weight is 286 g/mol. The summed E-state index contributed by atoms with van der Waals surface area (Å²) in [6, 6.07) is 1.47. The third-order valence-electron chi connectivity index (χ3n) is 3.33. The Bertz CT molecular complexity index is 530. The predicted molar refractivity (Wildman–Crippen MR) is 70.7 cm³/mol. The van der Waals surface area contributed by atoms with Gasteiger partial charge in [0.05, 0.1) is 12.3 Å². The van der Waals surface area contributed by atoms with Crippen molar-refractivity contribution < 1.29 is 13.5 Å². The van der Waals surface area contributed by atoms with Crippen LogP contribution < -0.4 is 11.3 Å². The highest BCUT2D eigenvalue weighted by molar-refractivity contribution is 7.89. The summed E-state index contributed by atoms with van der Waals surface area (Å²) in [5.74, 6) is 5.33. The van der Waals surface area contributed by atoms with E-state index in [1.165, 1.54) is 22.8 Å². The number of hydrogen-bond acceptors (Lipinski definition) is 6.